The second-order valence-corrected chi connectivity index (χ2v) is 10.3. The zero-order valence-corrected chi connectivity index (χ0v) is 17.0. The Hall–Kier alpha value is -1.93. The molecule has 9 heteroatoms. The molecule has 7 nitrogen and oxygen atoms in total. The molecular formula is C19H22ClN3O4S. The van der Waals surface area contributed by atoms with Crippen molar-refractivity contribution in [2.24, 2.45) is 0 Å². The Morgan fingerprint density at radius 3 is 2.64 bits per heavy atom. The number of aromatic nitrogens is 2. The predicted octanol–water partition coefficient (Wildman–Crippen LogP) is 2.01. The van der Waals surface area contributed by atoms with Crippen molar-refractivity contribution < 1.29 is 13.2 Å². The van der Waals surface area contributed by atoms with E-state index in [0.29, 0.717) is 22.3 Å². The first-order valence-electron chi connectivity index (χ1n) is 9.50. The quantitative estimate of drug-likeness (QED) is 0.750. The van der Waals surface area contributed by atoms with Crippen LogP contribution in [0.1, 0.15) is 32.1 Å². The Labute approximate surface area is 168 Å². The van der Waals surface area contributed by atoms with Gasteiger partial charge in [0.1, 0.15) is 6.54 Å². The minimum atomic E-state index is -3.10. The number of amides is 1. The molecule has 1 amide bonds. The first-order chi connectivity index (χ1) is 13.3. The average molecular weight is 424 g/mol. The van der Waals surface area contributed by atoms with E-state index in [-0.39, 0.29) is 41.6 Å². The Morgan fingerprint density at radius 2 is 1.96 bits per heavy atom. The van der Waals surface area contributed by atoms with E-state index in [0.717, 1.165) is 25.7 Å². The van der Waals surface area contributed by atoms with Crippen molar-refractivity contribution in [3.05, 3.63) is 39.9 Å². The fourth-order valence-electron chi connectivity index (χ4n) is 4.35. The molecule has 2 aliphatic rings. The summed E-state index contributed by atoms with van der Waals surface area (Å²) in [5.41, 5.74) is 0.177. The van der Waals surface area contributed by atoms with Gasteiger partial charge >= 0.3 is 0 Å². The molecule has 2 aromatic rings. The monoisotopic (exact) mass is 423 g/mol. The van der Waals surface area contributed by atoms with E-state index < -0.39 is 9.84 Å². The summed E-state index contributed by atoms with van der Waals surface area (Å²) in [4.78, 5) is 31.9. The number of nitrogens with zero attached hydrogens (tertiary/aromatic N) is 3. The van der Waals surface area contributed by atoms with Crippen LogP contribution >= 0.6 is 11.6 Å². The SMILES string of the molecule is O=C(Cn1cnc2cc(Cl)ccc2c1=O)N(C1CCCC1)C1CCS(=O)(=O)C1. The van der Waals surface area contributed by atoms with Crippen LogP contribution in [0.4, 0.5) is 0 Å². The van der Waals surface area contributed by atoms with Crippen LogP contribution in [0.15, 0.2) is 29.3 Å². The number of hydrogen-bond acceptors (Lipinski definition) is 5. The van der Waals surface area contributed by atoms with Crippen molar-refractivity contribution in [3.8, 4) is 0 Å². The molecule has 1 aromatic carbocycles. The number of benzene rings is 1. The topological polar surface area (TPSA) is 89.3 Å². The number of fused-ring (bicyclic) bond motifs is 1. The number of rotatable bonds is 4. The molecule has 0 bridgehead atoms. The highest BCUT2D eigenvalue weighted by Crippen LogP contribution is 2.29. The van der Waals surface area contributed by atoms with E-state index in [1.54, 1.807) is 23.1 Å². The van der Waals surface area contributed by atoms with Crippen LogP contribution < -0.4 is 5.56 Å². The summed E-state index contributed by atoms with van der Waals surface area (Å²) >= 11 is 5.95. The summed E-state index contributed by atoms with van der Waals surface area (Å²) in [7, 11) is -3.10. The number of hydrogen-bond donors (Lipinski definition) is 0. The highest BCUT2D eigenvalue weighted by Gasteiger charge is 2.39. The zero-order valence-electron chi connectivity index (χ0n) is 15.4. The second-order valence-electron chi connectivity index (χ2n) is 7.64. The molecule has 0 spiro atoms. The standard InChI is InChI=1S/C19H22ClN3O4S/c20-13-5-6-16-17(9-13)21-12-22(19(16)25)10-18(24)23(14-3-1-2-4-14)15-7-8-28(26,27)11-15/h5-6,9,12,14-15H,1-4,7-8,10-11H2. The summed E-state index contributed by atoms with van der Waals surface area (Å²) in [5, 5.41) is 0.888. The lowest BCUT2D eigenvalue weighted by Gasteiger charge is -2.34. The molecule has 28 heavy (non-hydrogen) atoms. The van der Waals surface area contributed by atoms with Crippen LogP contribution in [0, 0.1) is 0 Å². The third kappa shape index (κ3) is 3.80. The normalized spacial score (nSPS) is 22.0. The molecule has 1 saturated carbocycles. The third-order valence-electron chi connectivity index (χ3n) is 5.70. The Morgan fingerprint density at radius 1 is 1.21 bits per heavy atom. The molecule has 1 aromatic heterocycles. The van der Waals surface area contributed by atoms with E-state index in [1.165, 1.54) is 10.9 Å². The largest absolute Gasteiger partial charge is 0.334 e. The van der Waals surface area contributed by atoms with Gasteiger partial charge in [-0.05, 0) is 37.5 Å². The van der Waals surface area contributed by atoms with E-state index in [9.17, 15) is 18.0 Å². The van der Waals surface area contributed by atoms with Gasteiger partial charge in [-0.3, -0.25) is 14.2 Å². The molecule has 2 heterocycles. The molecular weight excluding hydrogens is 402 g/mol. The van der Waals surface area contributed by atoms with Gasteiger partial charge in [0, 0.05) is 17.1 Å². The van der Waals surface area contributed by atoms with Crippen molar-refractivity contribution in [2.75, 3.05) is 11.5 Å². The van der Waals surface area contributed by atoms with Crippen molar-refractivity contribution in [2.45, 2.75) is 50.7 Å². The first kappa shape index (κ1) is 19.4. The van der Waals surface area contributed by atoms with Gasteiger partial charge in [-0.25, -0.2) is 13.4 Å². The van der Waals surface area contributed by atoms with Gasteiger partial charge in [-0.2, -0.15) is 0 Å². The molecule has 1 aliphatic carbocycles. The van der Waals surface area contributed by atoms with Crippen molar-refractivity contribution >= 4 is 38.2 Å². The van der Waals surface area contributed by atoms with Crippen LogP contribution in [-0.4, -0.2) is 52.4 Å². The average Bonchev–Trinajstić information content (AvgIpc) is 3.28. The minimum absolute atomic E-state index is 0.0125. The number of carbonyl (C=O) groups excluding carboxylic acids is 1. The van der Waals surface area contributed by atoms with Crippen molar-refractivity contribution in [1.82, 2.24) is 14.5 Å². The summed E-state index contributed by atoms with van der Waals surface area (Å²) < 4.78 is 25.2. The maximum absolute atomic E-state index is 13.2. The number of sulfone groups is 1. The molecule has 2 fully saturated rings. The summed E-state index contributed by atoms with van der Waals surface area (Å²) in [6, 6.07) is 4.58. The van der Waals surface area contributed by atoms with Crippen LogP contribution in [0.3, 0.4) is 0 Å². The fourth-order valence-corrected chi connectivity index (χ4v) is 6.23. The first-order valence-corrected chi connectivity index (χ1v) is 11.7. The Kier molecular flexibility index (Phi) is 5.18. The third-order valence-corrected chi connectivity index (χ3v) is 7.69. The fraction of sp³-hybridized carbons (Fsp3) is 0.526. The molecule has 1 saturated heterocycles. The summed E-state index contributed by atoms with van der Waals surface area (Å²) in [5.74, 6) is -0.0865. The van der Waals surface area contributed by atoms with Gasteiger partial charge in [0.25, 0.3) is 5.56 Å². The lowest BCUT2D eigenvalue weighted by molar-refractivity contribution is -0.136. The van der Waals surface area contributed by atoms with Crippen molar-refractivity contribution in [1.29, 1.82) is 0 Å². The Balaban J connectivity index is 1.62. The highest BCUT2D eigenvalue weighted by molar-refractivity contribution is 7.91. The van der Waals surface area contributed by atoms with Gasteiger partial charge in [0.15, 0.2) is 9.84 Å². The lowest BCUT2D eigenvalue weighted by Crippen LogP contribution is -2.49. The van der Waals surface area contributed by atoms with Crippen LogP contribution in [-0.2, 0) is 21.2 Å². The lowest BCUT2D eigenvalue weighted by atomic mass is 10.1. The highest BCUT2D eigenvalue weighted by atomic mass is 35.5. The number of carbonyl (C=O) groups is 1. The summed E-state index contributed by atoms with van der Waals surface area (Å²) in [6.45, 7) is -0.141. The van der Waals surface area contributed by atoms with Gasteiger partial charge in [-0.1, -0.05) is 24.4 Å². The van der Waals surface area contributed by atoms with Gasteiger partial charge in [0.05, 0.1) is 28.7 Å². The molecule has 4 rings (SSSR count). The molecule has 1 atom stereocenters. The second kappa shape index (κ2) is 7.48. The minimum Gasteiger partial charge on any atom is -0.334 e. The van der Waals surface area contributed by atoms with E-state index in [1.807, 2.05) is 0 Å². The maximum atomic E-state index is 13.2. The molecule has 1 unspecified atom stereocenters. The predicted molar refractivity (Wildman–Crippen MR) is 107 cm³/mol. The number of halogens is 1. The zero-order chi connectivity index (χ0) is 19.9. The molecule has 0 radical (unpaired) electrons. The molecule has 1 aliphatic heterocycles. The Bertz CT molecular complexity index is 1080. The van der Waals surface area contributed by atoms with Gasteiger partial charge < -0.3 is 4.90 Å². The van der Waals surface area contributed by atoms with E-state index in [4.69, 9.17) is 11.6 Å². The van der Waals surface area contributed by atoms with Crippen LogP contribution in [0.5, 0.6) is 0 Å². The van der Waals surface area contributed by atoms with E-state index >= 15 is 0 Å². The van der Waals surface area contributed by atoms with Gasteiger partial charge in [0.2, 0.25) is 5.91 Å². The molecule has 150 valence electrons. The summed E-state index contributed by atoms with van der Waals surface area (Å²) in [6.07, 6.45) is 5.65. The van der Waals surface area contributed by atoms with Crippen molar-refractivity contribution in [3.63, 3.8) is 0 Å². The van der Waals surface area contributed by atoms with Crippen LogP contribution in [0.2, 0.25) is 5.02 Å². The van der Waals surface area contributed by atoms with Crippen LogP contribution in [0.25, 0.3) is 10.9 Å². The van der Waals surface area contributed by atoms with E-state index in [2.05, 4.69) is 4.98 Å². The smallest absolute Gasteiger partial charge is 0.261 e. The van der Waals surface area contributed by atoms with Gasteiger partial charge in [-0.15, -0.1) is 0 Å². The maximum Gasteiger partial charge on any atom is 0.261 e. The molecule has 0 N–H and O–H groups in total.